The van der Waals surface area contributed by atoms with Crippen LogP contribution in [0.2, 0.25) is 0 Å². The highest BCUT2D eigenvalue weighted by Gasteiger charge is 2.33. The van der Waals surface area contributed by atoms with Gasteiger partial charge in [-0.15, -0.1) is 0 Å². The molecular formula is C46H57N11O7. The fourth-order valence-electron chi connectivity index (χ4n) is 6.96. The van der Waals surface area contributed by atoms with Crippen molar-refractivity contribution < 1.29 is 33.4 Å². The molecule has 0 radical (unpaired) electrons. The molecule has 0 spiro atoms. The molecule has 0 saturated carbocycles. The van der Waals surface area contributed by atoms with Crippen LogP contribution < -0.4 is 53.3 Å². The monoisotopic (exact) mass is 875 g/mol. The molecule has 18 nitrogen and oxygen atoms in total. The normalized spacial score (nSPS) is 16.8. The van der Waals surface area contributed by atoms with Crippen LogP contribution in [0.25, 0.3) is 22.5 Å². The summed E-state index contributed by atoms with van der Waals surface area (Å²) in [6.07, 6.45) is 1.39. The summed E-state index contributed by atoms with van der Waals surface area (Å²) in [5, 5.41) is 22.5. The van der Waals surface area contributed by atoms with Gasteiger partial charge in [-0.05, 0) is 73.2 Å². The average molecular weight is 876 g/mol. The number of aryl methyl sites for hydroxylation is 1. The van der Waals surface area contributed by atoms with E-state index < -0.39 is 53.7 Å². The van der Waals surface area contributed by atoms with Crippen LogP contribution in [0.4, 0.5) is 0 Å². The molecule has 1 aliphatic rings. The van der Waals surface area contributed by atoms with Gasteiger partial charge in [0.2, 0.25) is 23.6 Å². The zero-order valence-corrected chi connectivity index (χ0v) is 36.7. The van der Waals surface area contributed by atoms with Gasteiger partial charge in [0.15, 0.2) is 5.82 Å². The summed E-state index contributed by atoms with van der Waals surface area (Å²) in [7, 11) is 0. The van der Waals surface area contributed by atoms with Crippen molar-refractivity contribution in [3.63, 3.8) is 0 Å². The number of aromatic nitrogens is 2. The molecule has 0 fully saturated rings. The highest BCUT2D eigenvalue weighted by atomic mass is 16.5. The zero-order chi connectivity index (χ0) is 46.6. The third kappa shape index (κ3) is 12.2. The number of fused-ring (bicyclic) bond motifs is 5. The van der Waals surface area contributed by atoms with Crippen molar-refractivity contribution in [2.24, 2.45) is 17.2 Å². The van der Waals surface area contributed by atoms with Gasteiger partial charge in [-0.3, -0.25) is 24.0 Å². The van der Waals surface area contributed by atoms with Gasteiger partial charge in [0.05, 0.1) is 17.3 Å². The number of rotatable bonds is 15. The number of nitrogens with zero attached hydrogens (tertiary/aromatic N) is 3. The van der Waals surface area contributed by atoms with E-state index in [1.807, 2.05) is 30.3 Å². The van der Waals surface area contributed by atoms with E-state index in [9.17, 15) is 24.0 Å². The average Bonchev–Trinajstić information content (AvgIpc) is 3.27. The summed E-state index contributed by atoms with van der Waals surface area (Å²) >= 11 is 0. The van der Waals surface area contributed by atoms with Crippen LogP contribution in [-0.4, -0.2) is 97.0 Å². The fourth-order valence-corrected chi connectivity index (χ4v) is 6.96. The molecule has 4 atom stereocenters. The molecule has 0 saturated heterocycles. The van der Waals surface area contributed by atoms with Gasteiger partial charge in [0.1, 0.15) is 55.4 Å². The molecule has 5 rings (SSSR count). The number of hydrogen-bond acceptors (Lipinski definition) is 13. The van der Waals surface area contributed by atoms with Gasteiger partial charge in [-0.2, -0.15) is 5.26 Å². The lowest BCUT2D eigenvalue weighted by Crippen LogP contribution is -2.55. The molecule has 11 N–H and O–H groups in total. The van der Waals surface area contributed by atoms with E-state index in [-0.39, 0.29) is 68.8 Å². The van der Waals surface area contributed by atoms with Crippen LogP contribution in [0.5, 0.6) is 11.5 Å². The van der Waals surface area contributed by atoms with Crippen molar-refractivity contribution in [3.8, 4) is 40.1 Å². The van der Waals surface area contributed by atoms with Crippen molar-refractivity contribution in [1.82, 2.24) is 36.6 Å². The molecule has 64 heavy (non-hydrogen) atoms. The summed E-state index contributed by atoms with van der Waals surface area (Å²) in [4.78, 5) is 78.3. The van der Waals surface area contributed by atoms with Gasteiger partial charge >= 0.3 is 0 Å². The second-order valence-electron chi connectivity index (χ2n) is 16.3. The van der Waals surface area contributed by atoms with Gasteiger partial charge in [0, 0.05) is 42.4 Å². The maximum Gasteiger partial charge on any atom is 0.255 e. The third-order valence-electron chi connectivity index (χ3n) is 10.4. The number of hydrogen-bond donors (Lipinski definition) is 8. The summed E-state index contributed by atoms with van der Waals surface area (Å²) < 4.78 is 12.1. The van der Waals surface area contributed by atoms with Crippen LogP contribution in [0.15, 0.2) is 66.9 Å². The second kappa shape index (κ2) is 21.9. The third-order valence-corrected chi connectivity index (χ3v) is 10.4. The number of nitrogens with two attached hydrogens (primary N) is 3. The summed E-state index contributed by atoms with van der Waals surface area (Å²) in [6, 6.07) is 14.7. The van der Waals surface area contributed by atoms with Gasteiger partial charge < -0.3 is 53.3 Å². The Bertz CT molecular complexity index is 2380. The van der Waals surface area contributed by atoms with Crippen molar-refractivity contribution >= 4 is 29.5 Å². The van der Waals surface area contributed by atoms with Crippen LogP contribution in [0.3, 0.4) is 0 Å². The number of nitriles is 1. The van der Waals surface area contributed by atoms with E-state index >= 15 is 0 Å². The molecule has 3 aromatic carbocycles. The number of ether oxygens (including phenoxy) is 2. The first-order valence-electron chi connectivity index (χ1n) is 21.0. The quantitative estimate of drug-likeness (QED) is 0.0789. The maximum absolute atomic E-state index is 14.3. The molecule has 5 amide bonds. The predicted molar refractivity (Wildman–Crippen MR) is 240 cm³/mol. The molecule has 1 aromatic heterocycles. The Morgan fingerprint density at radius 1 is 0.906 bits per heavy atom. The molecular weight excluding hydrogens is 819 g/mol. The predicted octanol–water partition coefficient (Wildman–Crippen LogP) is 1.58. The first-order chi connectivity index (χ1) is 30.6. The van der Waals surface area contributed by atoms with E-state index in [1.54, 1.807) is 43.3 Å². The molecule has 18 heteroatoms. The number of carbonyl (C=O) groups is 5. The molecule has 0 aliphatic carbocycles. The first-order valence-corrected chi connectivity index (χ1v) is 21.0. The van der Waals surface area contributed by atoms with Gasteiger partial charge in [-0.1, -0.05) is 57.2 Å². The van der Waals surface area contributed by atoms with Crippen LogP contribution in [0.1, 0.15) is 72.9 Å². The molecule has 4 aromatic rings. The smallest absolute Gasteiger partial charge is 0.255 e. The first kappa shape index (κ1) is 48.1. The molecule has 0 unspecified atom stereocenters. The molecule has 1 aliphatic heterocycles. The van der Waals surface area contributed by atoms with Gasteiger partial charge in [-0.25, -0.2) is 9.97 Å². The second-order valence-corrected chi connectivity index (χ2v) is 16.3. The lowest BCUT2D eigenvalue weighted by Gasteiger charge is -2.27. The summed E-state index contributed by atoms with van der Waals surface area (Å²) in [5.41, 5.74) is 21.8. The lowest BCUT2D eigenvalue weighted by atomic mass is 9.87. The summed E-state index contributed by atoms with van der Waals surface area (Å²) in [6.45, 7) is 9.81. The topological polar surface area (TPSA) is 292 Å². The van der Waals surface area contributed by atoms with E-state index in [4.69, 9.17) is 31.9 Å². The number of carbonyl (C=O) groups excluding carboxylic acids is 5. The highest BCUT2D eigenvalue weighted by molar-refractivity contribution is 6.00. The molecule has 338 valence electrons. The minimum Gasteiger partial charge on any atom is -0.492 e. The Kier molecular flexibility index (Phi) is 16.5. The van der Waals surface area contributed by atoms with E-state index in [1.165, 1.54) is 13.1 Å². The van der Waals surface area contributed by atoms with E-state index in [2.05, 4.69) is 57.3 Å². The standard InChI is InChI=1S/C46H57N11O7/c1-26-34(25-52-40(53-26)29-7-10-31(11-8-29)46(3,4)5)42(59)55-35(14-15-47)44(61)57-39-30-9-13-38(64-21-18-50)33(24-30)32-22-28(6-12-37(32)63-20-17-49)23-36(43(60)51-19-16-48)56-41(58)27(2)54-45(39)62/h6-13,22,24-25,27,35-36,39H,14-15,17-21,23,47,49-50H2,1-5H3,(H,51,60)(H,54,62)(H,55,59)(H,56,58)(H,57,61)/t27-,35-,36-,39-/m0/s1. The Morgan fingerprint density at radius 2 is 1.56 bits per heavy atom. The molecule has 2 heterocycles. The fraction of sp³-hybridized carbons (Fsp3) is 0.391. The lowest BCUT2D eigenvalue weighted by molar-refractivity contribution is -0.133. The SMILES string of the molecule is Cc1nc(-c2ccc(C(C)(C)C)cc2)ncc1C(=O)N[C@@H](CCN)C(=O)N[C@@H]1C(=O)N[C@@H](C)C(=O)N[C@H](C(=O)NCC#N)Cc2ccc(OCCN)c(c2)-c2cc1ccc2OCCN. The minimum atomic E-state index is -1.45. The highest BCUT2D eigenvalue weighted by Crippen LogP contribution is 2.39. The van der Waals surface area contributed by atoms with Crippen LogP contribution in [-0.2, 0) is 31.0 Å². The number of nitrogens with one attached hydrogen (secondary N) is 5. The van der Waals surface area contributed by atoms with Crippen molar-refractivity contribution in [3.05, 3.63) is 94.8 Å². The Hall–Kier alpha value is -6.94. The Labute approximate surface area is 372 Å². The van der Waals surface area contributed by atoms with Gasteiger partial charge in [0.25, 0.3) is 5.91 Å². The minimum absolute atomic E-state index is 0.000691. The van der Waals surface area contributed by atoms with Crippen molar-refractivity contribution in [2.75, 3.05) is 39.4 Å². The number of amides is 5. The van der Waals surface area contributed by atoms with E-state index in [0.29, 0.717) is 39.7 Å². The van der Waals surface area contributed by atoms with E-state index in [0.717, 1.165) is 11.1 Å². The largest absolute Gasteiger partial charge is 0.492 e. The number of benzene rings is 3. The maximum atomic E-state index is 14.3. The van der Waals surface area contributed by atoms with Crippen molar-refractivity contribution in [2.45, 2.75) is 77.0 Å². The Morgan fingerprint density at radius 3 is 2.17 bits per heavy atom. The Balaban J connectivity index is 1.52. The summed E-state index contributed by atoms with van der Waals surface area (Å²) in [5.74, 6) is -2.33. The van der Waals surface area contributed by atoms with Crippen LogP contribution in [0, 0.1) is 18.3 Å². The van der Waals surface area contributed by atoms with Crippen LogP contribution >= 0.6 is 0 Å². The zero-order valence-electron chi connectivity index (χ0n) is 36.7. The molecule has 4 bridgehead atoms. The van der Waals surface area contributed by atoms with Crippen molar-refractivity contribution in [1.29, 1.82) is 5.26 Å².